The van der Waals surface area contributed by atoms with Gasteiger partial charge in [-0.05, 0) is 79.4 Å². The molecule has 2 unspecified atom stereocenters. The summed E-state index contributed by atoms with van der Waals surface area (Å²) in [6, 6.07) is 0. The van der Waals surface area contributed by atoms with E-state index in [9.17, 15) is 0 Å². The van der Waals surface area contributed by atoms with Crippen LogP contribution in [0, 0.1) is 34.5 Å². The van der Waals surface area contributed by atoms with Gasteiger partial charge in [0.1, 0.15) is 0 Å². The molecule has 0 amide bonds. The molecule has 0 aliphatic heterocycles. The quantitative estimate of drug-likeness (QED) is 0.579. The van der Waals surface area contributed by atoms with Crippen LogP contribution in [0.2, 0.25) is 0 Å². The fourth-order valence-electron chi connectivity index (χ4n) is 7.11. The van der Waals surface area contributed by atoms with Crippen LogP contribution in [0.1, 0.15) is 78.1 Å². The minimum atomic E-state index is 0.696. The lowest BCUT2D eigenvalue weighted by Gasteiger charge is -2.65. The first-order chi connectivity index (χ1) is 8.61. The van der Waals surface area contributed by atoms with E-state index >= 15 is 0 Å². The molecular weight excluding hydrogens is 216 g/mol. The molecule has 0 aromatic carbocycles. The molecule has 5 fully saturated rings. The summed E-state index contributed by atoms with van der Waals surface area (Å²) in [5.74, 6) is 4.37. The Balaban J connectivity index is 1.70. The van der Waals surface area contributed by atoms with E-state index < -0.39 is 0 Å². The van der Waals surface area contributed by atoms with E-state index in [-0.39, 0.29) is 0 Å². The summed E-state index contributed by atoms with van der Waals surface area (Å²) in [5.41, 5.74) is 1.48. The van der Waals surface area contributed by atoms with Crippen LogP contribution in [0.4, 0.5) is 0 Å². The fraction of sp³-hybridized carbons (Fsp3) is 1.00. The van der Waals surface area contributed by atoms with Crippen LogP contribution in [0.5, 0.6) is 0 Å². The normalized spacial score (nSPS) is 59.0. The fourth-order valence-corrected chi connectivity index (χ4v) is 7.11. The highest BCUT2D eigenvalue weighted by Crippen LogP contribution is 2.69. The molecule has 18 heavy (non-hydrogen) atoms. The number of rotatable bonds is 1. The third kappa shape index (κ3) is 1.44. The molecule has 5 aliphatic rings. The maximum Gasteiger partial charge on any atom is -0.0233 e. The molecule has 102 valence electrons. The van der Waals surface area contributed by atoms with E-state index in [0.717, 1.165) is 29.1 Å². The highest BCUT2D eigenvalue weighted by Gasteiger charge is 2.59. The second-order valence-electron chi connectivity index (χ2n) is 8.76. The Hall–Kier alpha value is 0. The molecule has 4 bridgehead atoms. The van der Waals surface area contributed by atoms with Crippen molar-refractivity contribution in [2.24, 2.45) is 34.5 Å². The van der Waals surface area contributed by atoms with Gasteiger partial charge in [-0.1, -0.05) is 33.1 Å². The van der Waals surface area contributed by atoms with Gasteiger partial charge in [0.2, 0.25) is 0 Å². The zero-order valence-electron chi connectivity index (χ0n) is 12.4. The van der Waals surface area contributed by atoms with Gasteiger partial charge in [0.25, 0.3) is 0 Å². The number of hydrogen-bond acceptors (Lipinski definition) is 0. The van der Waals surface area contributed by atoms with Crippen LogP contribution < -0.4 is 0 Å². The Labute approximate surface area is 113 Å². The Morgan fingerprint density at radius 2 is 1.39 bits per heavy atom. The summed E-state index contributed by atoms with van der Waals surface area (Å²) >= 11 is 0. The van der Waals surface area contributed by atoms with Crippen molar-refractivity contribution in [3.05, 3.63) is 0 Å². The van der Waals surface area contributed by atoms with E-state index in [1.54, 1.807) is 44.9 Å². The van der Waals surface area contributed by atoms with Gasteiger partial charge in [0, 0.05) is 0 Å². The van der Waals surface area contributed by atoms with Crippen molar-refractivity contribution in [1.29, 1.82) is 0 Å². The van der Waals surface area contributed by atoms with Crippen LogP contribution >= 0.6 is 0 Å². The van der Waals surface area contributed by atoms with Gasteiger partial charge < -0.3 is 0 Å². The topological polar surface area (TPSA) is 0 Å². The molecule has 0 heterocycles. The van der Waals surface area contributed by atoms with Crippen LogP contribution in [-0.2, 0) is 0 Å². The Bertz CT molecular complexity index is 307. The van der Waals surface area contributed by atoms with Gasteiger partial charge >= 0.3 is 0 Å². The van der Waals surface area contributed by atoms with Gasteiger partial charge in [0.15, 0.2) is 0 Å². The Morgan fingerprint density at radius 3 is 1.89 bits per heavy atom. The summed E-state index contributed by atoms with van der Waals surface area (Å²) in [4.78, 5) is 0. The van der Waals surface area contributed by atoms with Crippen LogP contribution in [0.3, 0.4) is 0 Å². The van der Waals surface area contributed by atoms with Crippen molar-refractivity contribution >= 4 is 0 Å². The third-order valence-electron chi connectivity index (χ3n) is 7.92. The highest BCUT2D eigenvalue weighted by molar-refractivity contribution is 5.09. The first kappa shape index (κ1) is 11.8. The predicted molar refractivity (Wildman–Crippen MR) is 76.3 cm³/mol. The standard InChI is InChI=1S/C18H30/c1-13-5-3-4-6-17(13,2)18-10-14-7-15(11-18)9-16(8-14)12-18/h13-16H,3-12H2,1-2H3. The summed E-state index contributed by atoms with van der Waals surface area (Å²) in [5, 5.41) is 0. The van der Waals surface area contributed by atoms with Gasteiger partial charge in [-0.3, -0.25) is 0 Å². The lowest BCUT2D eigenvalue weighted by atomic mass is 9.39. The van der Waals surface area contributed by atoms with E-state index in [0.29, 0.717) is 5.41 Å². The van der Waals surface area contributed by atoms with Gasteiger partial charge in [-0.15, -0.1) is 0 Å². The maximum atomic E-state index is 2.70. The molecule has 5 aliphatic carbocycles. The lowest BCUT2D eigenvalue weighted by Crippen LogP contribution is -2.56. The van der Waals surface area contributed by atoms with Crippen molar-refractivity contribution in [2.75, 3.05) is 0 Å². The van der Waals surface area contributed by atoms with Crippen LogP contribution in [0.15, 0.2) is 0 Å². The minimum absolute atomic E-state index is 0.696. The van der Waals surface area contributed by atoms with E-state index in [2.05, 4.69) is 13.8 Å². The molecule has 2 atom stereocenters. The largest absolute Gasteiger partial charge is 0.0620 e. The first-order valence-corrected chi connectivity index (χ1v) is 8.61. The second-order valence-corrected chi connectivity index (χ2v) is 8.76. The summed E-state index contributed by atoms with van der Waals surface area (Å²) < 4.78 is 0. The average molecular weight is 246 g/mol. The van der Waals surface area contributed by atoms with Crippen molar-refractivity contribution in [2.45, 2.75) is 78.1 Å². The van der Waals surface area contributed by atoms with Gasteiger partial charge in [0.05, 0.1) is 0 Å². The van der Waals surface area contributed by atoms with Crippen molar-refractivity contribution in [1.82, 2.24) is 0 Å². The molecule has 5 saturated carbocycles. The minimum Gasteiger partial charge on any atom is -0.0620 e. The first-order valence-electron chi connectivity index (χ1n) is 8.61. The van der Waals surface area contributed by atoms with Crippen molar-refractivity contribution in [3.8, 4) is 0 Å². The van der Waals surface area contributed by atoms with E-state index in [1.807, 2.05) is 0 Å². The molecule has 0 radical (unpaired) electrons. The Morgan fingerprint density at radius 1 is 0.833 bits per heavy atom. The number of hydrogen-bond donors (Lipinski definition) is 0. The average Bonchev–Trinajstić information content (AvgIpc) is 2.31. The monoisotopic (exact) mass is 246 g/mol. The van der Waals surface area contributed by atoms with Crippen LogP contribution in [0.25, 0.3) is 0 Å². The van der Waals surface area contributed by atoms with Crippen molar-refractivity contribution in [3.63, 3.8) is 0 Å². The molecule has 0 aromatic heterocycles. The molecule has 0 aromatic rings. The van der Waals surface area contributed by atoms with Gasteiger partial charge in [-0.25, -0.2) is 0 Å². The molecule has 0 heteroatoms. The summed E-state index contributed by atoms with van der Waals surface area (Å²) in [7, 11) is 0. The molecule has 0 saturated heterocycles. The maximum absolute atomic E-state index is 2.70. The molecule has 0 nitrogen and oxygen atoms in total. The lowest BCUT2D eigenvalue weighted by molar-refractivity contribution is -0.155. The smallest absolute Gasteiger partial charge is 0.0233 e. The Kier molecular flexibility index (Phi) is 2.47. The molecule has 0 N–H and O–H groups in total. The van der Waals surface area contributed by atoms with Crippen molar-refractivity contribution < 1.29 is 0 Å². The predicted octanol–water partition coefficient (Wildman–Crippen LogP) is 5.42. The third-order valence-corrected chi connectivity index (χ3v) is 7.92. The SMILES string of the molecule is CC1CCCCC1(C)C12CC3CC(CC(C3)C1)C2. The zero-order chi connectivity index (χ0) is 12.4. The molecule has 5 rings (SSSR count). The van der Waals surface area contributed by atoms with E-state index in [1.165, 1.54) is 19.3 Å². The zero-order valence-corrected chi connectivity index (χ0v) is 12.4. The van der Waals surface area contributed by atoms with Gasteiger partial charge in [-0.2, -0.15) is 0 Å². The van der Waals surface area contributed by atoms with Crippen LogP contribution in [-0.4, -0.2) is 0 Å². The van der Waals surface area contributed by atoms with E-state index in [4.69, 9.17) is 0 Å². The second kappa shape index (κ2) is 3.76. The summed E-state index contributed by atoms with van der Waals surface area (Å²) in [6.07, 6.45) is 15.7. The molecule has 0 spiro atoms. The summed E-state index contributed by atoms with van der Waals surface area (Å²) in [6.45, 7) is 5.28. The highest BCUT2D eigenvalue weighted by atomic mass is 14.6. The molecular formula is C18H30.